The first-order chi connectivity index (χ1) is 11.0. The van der Waals surface area contributed by atoms with Crippen molar-refractivity contribution in [3.63, 3.8) is 0 Å². The molecule has 0 bridgehead atoms. The molecule has 0 saturated heterocycles. The van der Waals surface area contributed by atoms with Crippen LogP contribution in [0, 0.1) is 13.8 Å². The van der Waals surface area contributed by atoms with Gasteiger partial charge in [-0.15, -0.1) is 0 Å². The van der Waals surface area contributed by atoms with Crippen molar-refractivity contribution in [1.29, 1.82) is 0 Å². The molecule has 0 aliphatic rings. The highest BCUT2D eigenvalue weighted by Gasteiger charge is 2.19. The Bertz CT molecular complexity index is 718. The molecule has 124 valence electrons. The molecular weight excluding hydrogens is 292 g/mol. The molecule has 23 heavy (non-hydrogen) atoms. The molecule has 0 atom stereocenters. The molecular formula is C18H24N2O3. The fraction of sp³-hybridized carbons (Fsp3) is 0.444. The Morgan fingerprint density at radius 2 is 2.00 bits per heavy atom. The quantitative estimate of drug-likeness (QED) is 0.891. The zero-order valence-corrected chi connectivity index (χ0v) is 14.2. The van der Waals surface area contributed by atoms with Gasteiger partial charge < -0.3 is 14.6 Å². The molecule has 2 aromatic rings. The van der Waals surface area contributed by atoms with E-state index in [4.69, 9.17) is 4.42 Å². The Kier molecular flexibility index (Phi) is 5.42. The SMILES string of the molecule is CCCN(CC(=O)NC)C(=O)Cc1coc2c(C)c(C)ccc12. The van der Waals surface area contributed by atoms with Crippen LogP contribution in [0.15, 0.2) is 22.8 Å². The summed E-state index contributed by atoms with van der Waals surface area (Å²) < 4.78 is 5.65. The molecule has 0 unspecified atom stereocenters. The fourth-order valence-corrected chi connectivity index (χ4v) is 2.61. The number of hydrogen-bond acceptors (Lipinski definition) is 3. The number of amides is 2. The predicted octanol–water partition coefficient (Wildman–Crippen LogP) is 2.58. The number of benzene rings is 1. The van der Waals surface area contributed by atoms with E-state index in [1.165, 1.54) is 0 Å². The lowest BCUT2D eigenvalue weighted by atomic mass is 10.0. The van der Waals surface area contributed by atoms with Crippen molar-refractivity contribution < 1.29 is 14.0 Å². The largest absolute Gasteiger partial charge is 0.464 e. The first-order valence-electron chi connectivity index (χ1n) is 7.92. The van der Waals surface area contributed by atoms with Crippen LogP contribution in [0.25, 0.3) is 11.0 Å². The Morgan fingerprint density at radius 1 is 1.26 bits per heavy atom. The van der Waals surface area contributed by atoms with Crippen molar-refractivity contribution in [2.45, 2.75) is 33.6 Å². The van der Waals surface area contributed by atoms with Gasteiger partial charge in [-0.2, -0.15) is 0 Å². The van der Waals surface area contributed by atoms with Crippen molar-refractivity contribution in [3.8, 4) is 0 Å². The molecule has 5 nitrogen and oxygen atoms in total. The van der Waals surface area contributed by atoms with Crippen molar-refractivity contribution in [3.05, 3.63) is 35.1 Å². The van der Waals surface area contributed by atoms with Crippen molar-refractivity contribution in [2.24, 2.45) is 0 Å². The molecule has 0 radical (unpaired) electrons. The summed E-state index contributed by atoms with van der Waals surface area (Å²) in [5.41, 5.74) is 3.96. The number of nitrogens with one attached hydrogen (secondary N) is 1. The number of fused-ring (bicyclic) bond motifs is 1. The first kappa shape index (κ1) is 17.1. The minimum atomic E-state index is -0.157. The maximum atomic E-state index is 12.6. The van der Waals surface area contributed by atoms with Crippen molar-refractivity contribution in [2.75, 3.05) is 20.1 Å². The second kappa shape index (κ2) is 7.31. The lowest BCUT2D eigenvalue weighted by Crippen LogP contribution is -2.40. The smallest absolute Gasteiger partial charge is 0.239 e. The van der Waals surface area contributed by atoms with Gasteiger partial charge in [0.25, 0.3) is 0 Å². The molecule has 0 saturated carbocycles. The molecule has 0 aliphatic heterocycles. The zero-order valence-electron chi connectivity index (χ0n) is 14.2. The topological polar surface area (TPSA) is 62.6 Å². The third kappa shape index (κ3) is 3.73. The minimum absolute atomic E-state index is 0.0589. The molecule has 0 spiro atoms. The Labute approximate surface area is 136 Å². The normalized spacial score (nSPS) is 10.8. The maximum absolute atomic E-state index is 12.6. The highest BCUT2D eigenvalue weighted by atomic mass is 16.3. The van der Waals surface area contributed by atoms with E-state index in [2.05, 4.69) is 5.32 Å². The van der Waals surface area contributed by atoms with Crippen LogP contribution in [0.2, 0.25) is 0 Å². The van der Waals surface area contributed by atoms with Crippen LogP contribution in [0.1, 0.15) is 30.0 Å². The van der Waals surface area contributed by atoms with Gasteiger partial charge >= 0.3 is 0 Å². The Balaban J connectivity index is 2.21. The van der Waals surface area contributed by atoms with Gasteiger partial charge in [-0.3, -0.25) is 9.59 Å². The van der Waals surface area contributed by atoms with Gasteiger partial charge in [0.2, 0.25) is 11.8 Å². The summed E-state index contributed by atoms with van der Waals surface area (Å²) in [6.07, 6.45) is 2.71. The van der Waals surface area contributed by atoms with Gasteiger partial charge in [0, 0.05) is 24.5 Å². The minimum Gasteiger partial charge on any atom is -0.464 e. The van der Waals surface area contributed by atoms with Gasteiger partial charge in [0.1, 0.15) is 5.58 Å². The summed E-state index contributed by atoms with van der Waals surface area (Å²) in [5, 5.41) is 3.53. The lowest BCUT2D eigenvalue weighted by molar-refractivity contribution is -0.135. The molecule has 1 aromatic heterocycles. The number of carbonyl (C=O) groups excluding carboxylic acids is 2. The monoisotopic (exact) mass is 316 g/mol. The fourth-order valence-electron chi connectivity index (χ4n) is 2.61. The molecule has 1 N–H and O–H groups in total. The Morgan fingerprint density at radius 3 is 2.65 bits per heavy atom. The van der Waals surface area contributed by atoms with Crippen LogP contribution < -0.4 is 5.32 Å². The van der Waals surface area contributed by atoms with Crippen LogP contribution in [0.5, 0.6) is 0 Å². The number of furan rings is 1. The van der Waals surface area contributed by atoms with Gasteiger partial charge in [-0.05, 0) is 31.4 Å². The van der Waals surface area contributed by atoms with E-state index < -0.39 is 0 Å². The van der Waals surface area contributed by atoms with E-state index >= 15 is 0 Å². The number of nitrogens with zero attached hydrogens (tertiary/aromatic N) is 1. The second-order valence-corrected chi connectivity index (χ2v) is 5.81. The summed E-state index contributed by atoms with van der Waals surface area (Å²) in [5.74, 6) is -0.216. The maximum Gasteiger partial charge on any atom is 0.239 e. The number of carbonyl (C=O) groups is 2. The van der Waals surface area contributed by atoms with E-state index in [1.807, 2.05) is 32.9 Å². The number of likely N-dealkylation sites (N-methyl/N-ethyl adjacent to an activating group) is 1. The molecule has 2 amide bonds. The molecule has 1 heterocycles. The Hall–Kier alpha value is -2.30. The predicted molar refractivity (Wildman–Crippen MR) is 90.3 cm³/mol. The standard InChI is InChI=1S/C18H24N2O3/c1-5-8-20(10-16(21)19-4)17(22)9-14-11-23-18-13(3)12(2)6-7-15(14)18/h6-7,11H,5,8-10H2,1-4H3,(H,19,21). The number of aryl methyl sites for hydroxylation is 2. The van der Waals surface area contributed by atoms with E-state index in [-0.39, 0.29) is 24.8 Å². The first-order valence-corrected chi connectivity index (χ1v) is 7.92. The van der Waals surface area contributed by atoms with Crippen LogP contribution in [-0.4, -0.2) is 36.9 Å². The van der Waals surface area contributed by atoms with Crippen LogP contribution in [0.4, 0.5) is 0 Å². The van der Waals surface area contributed by atoms with E-state index in [1.54, 1.807) is 18.2 Å². The average Bonchev–Trinajstić information content (AvgIpc) is 2.93. The summed E-state index contributed by atoms with van der Waals surface area (Å²) in [6.45, 7) is 6.71. The van der Waals surface area contributed by atoms with Gasteiger partial charge in [-0.25, -0.2) is 0 Å². The summed E-state index contributed by atoms with van der Waals surface area (Å²) in [7, 11) is 1.58. The molecule has 0 aliphatic carbocycles. The van der Waals surface area contributed by atoms with E-state index in [0.717, 1.165) is 34.1 Å². The summed E-state index contributed by atoms with van der Waals surface area (Å²) in [4.78, 5) is 25.7. The zero-order chi connectivity index (χ0) is 17.0. The summed E-state index contributed by atoms with van der Waals surface area (Å²) >= 11 is 0. The van der Waals surface area contributed by atoms with Crippen molar-refractivity contribution >= 4 is 22.8 Å². The van der Waals surface area contributed by atoms with E-state index in [9.17, 15) is 9.59 Å². The van der Waals surface area contributed by atoms with Crippen LogP contribution in [0.3, 0.4) is 0 Å². The second-order valence-electron chi connectivity index (χ2n) is 5.81. The molecule has 5 heteroatoms. The third-order valence-corrected chi connectivity index (χ3v) is 4.14. The molecule has 2 rings (SSSR count). The lowest BCUT2D eigenvalue weighted by Gasteiger charge is -2.21. The average molecular weight is 316 g/mol. The summed E-state index contributed by atoms with van der Waals surface area (Å²) in [6, 6.07) is 4.03. The third-order valence-electron chi connectivity index (χ3n) is 4.14. The number of hydrogen-bond donors (Lipinski definition) is 1. The van der Waals surface area contributed by atoms with Crippen LogP contribution >= 0.6 is 0 Å². The van der Waals surface area contributed by atoms with E-state index in [0.29, 0.717) is 6.54 Å². The van der Waals surface area contributed by atoms with Gasteiger partial charge in [0.15, 0.2) is 0 Å². The van der Waals surface area contributed by atoms with Gasteiger partial charge in [-0.1, -0.05) is 19.1 Å². The highest BCUT2D eigenvalue weighted by molar-refractivity contribution is 5.91. The molecule has 0 fully saturated rings. The van der Waals surface area contributed by atoms with Crippen molar-refractivity contribution in [1.82, 2.24) is 10.2 Å². The number of rotatable bonds is 6. The molecule has 1 aromatic carbocycles. The highest BCUT2D eigenvalue weighted by Crippen LogP contribution is 2.27. The van der Waals surface area contributed by atoms with Gasteiger partial charge in [0.05, 0.1) is 19.2 Å². The van der Waals surface area contributed by atoms with Crippen LogP contribution in [-0.2, 0) is 16.0 Å².